The second-order valence-electron chi connectivity index (χ2n) is 3.54. The zero-order valence-electron chi connectivity index (χ0n) is 7.19. The van der Waals surface area contributed by atoms with Gasteiger partial charge in [-0.25, -0.2) is 0 Å². The second kappa shape index (κ2) is 2.80. The summed E-state index contributed by atoms with van der Waals surface area (Å²) in [6.45, 7) is 3.18. The molecular weight excluding hydrogens is 134 g/mol. The molecule has 0 unspecified atom stereocenters. The van der Waals surface area contributed by atoms with Crippen LogP contribution in [0.25, 0.3) is 0 Å². The van der Waals surface area contributed by atoms with Crippen molar-refractivity contribution >= 4 is 5.71 Å². The van der Waals surface area contributed by atoms with Gasteiger partial charge in [-0.2, -0.15) is 0 Å². The summed E-state index contributed by atoms with van der Waals surface area (Å²) in [5.41, 5.74) is 4.56. The standard InChI is InChI=1S/C10H15N/c1-8-10-6-4-2-3-5-9(10)7-11-8/h2-7H2,1H3. The van der Waals surface area contributed by atoms with Crippen LogP contribution in [0.1, 0.15) is 39.0 Å². The third-order valence-corrected chi connectivity index (χ3v) is 2.78. The normalized spacial score (nSPS) is 24.6. The summed E-state index contributed by atoms with van der Waals surface area (Å²) in [4.78, 5) is 4.46. The highest BCUT2D eigenvalue weighted by atomic mass is 14.8. The van der Waals surface area contributed by atoms with Crippen molar-refractivity contribution in [3.05, 3.63) is 11.1 Å². The molecule has 1 aliphatic carbocycles. The second-order valence-corrected chi connectivity index (χ2v) is 3.54. The average molecular weight is 149 g/mol. The van der Waals surface area contributed by atoms with Gasteiger partial charge >= 0.3 is 0 Å². The van der Waals surface area contributed by atoms with Crippen LogP contribution in [0.5, 0.6) is 0 Å². The van der Waals surface area contributed by atoms with E-state index in [4.69, 9.17) is 0 Å². The minimum Gasteiger partial charge on any atom is -0.285 e. The molecule has 0 bridgehead atoms. The lowest BCUT2D eigenvalue weighted by Crippen LogP contribution is -1.93. The van der Waals surface area contributed by atoms with Crippen LogP contribution in [0, 0.1) is 0 Å². The third-order valence-electron chi connectivity index (χ3n) is 2.78. The largest absolute Gasteiger partial charge is 0.285 e. The third kappa shape index (κ3) is 1.24. The van der Waals surface area contributed by atoms with Crippen molar-refractivity contribution in [1.82, 2.24) is 0 Å². The van der Waals surface area contributed by atoms with Crippen molar-refractivity contribution in [2.24, 2.45) is 4.99 Å². The van der Waals surface area contributed by atoms with Crippen LogP contribution in [-0.2, 0) is 0 Å². The van der Waals surface area contributed by atoms with Gasteiger partial charge in [0.2, 0.25) is 0 Å². The minimum atomic E-state index is 1.02. The van der Waals surface area contributed by atoms with Gasteiger partial charge < -0.3 is 0 Å². The zero-order valence-corrected chi connectivity index (χ0v) is 7.19. The van der Waals surface area contributed by atoms with E-state index in [1.807, 2.05) is 0 Å². The highest BCUT2D eigenvalue weighted by molar-refractivity contribution is 6.00. The predicted molar refractivity (Wildman–Crippen MR) is 48.1 cm³/mol. The Hall–Kier alpha value is -0.590. The maximum absolute atomic E-state index is 4.46. The zero-order chi connectivity index (χ0) is 7.68. The maximum Gasteiger partial charge on any atom is 0.0609 e. The van der Waals surface area contributed by atoms with E-state index < -0.39 is 0 Å². The summed E-state index contributed by atoms with van der Waals surface area (Å²) in [6.07, 6.45) is 6.80. The molecule has 0 saturated carbocycles. The Morgan fingerprint density at radius 1 is 1.09 bits per heavy atom. The molecule has 0 saturated heterocycles. The topological polar surface area (TPSA) is 12.4 Å². The molecule has 0 aromatic rings. The summed E-state index contributed by atoms with van der Waals surface area (Å²) >= 11 is 0. The van der Waals surface area contributed by atoms with Crippen LogP contribution in [0.2, 0.25) is 0 Å². The fraction of sp³-hybridized carbons (Fsp3) is 0.700. The van der Waals surface area contributed by atoms with Gasteiger partial charge in [-0.3, -0.25) is 4.99 Å². The van der Waals surface area contributed by atoms with Crippen LogP contribution in [0.4, 0.5) is 0 Å². The lowest BCUT2D eigenvalue weighted by molar-refractivity contribution is 0.704. The molecule has 0 aromatic carbocycles. The van der Waals surface area contributed by atoms with Crippen LogP contribution in [0.3, 0.4) is 0 Å². The Morgan fingerprint density at radius 2 is 1.91 bits per heavy atom. The molecule has 11 heavy (non-hydrogen) atoms. The van der Waals surface area contributed by atoms with Gasteiger partial charge in [-0.05, 0) is 43.8 Å². The van der Waals surface area contributed by atoms with Crippen LogP contribution in [0.15, 0.2) is 16.1 Å². The Kier molecular flexibility index (Phi) is 1.80. The quantitative estimate of drug-likeness (QED) is 0.502. The van der Waals surface area contributed by atoms with Gasteiger partial charge in [0.25, 0.3) is 0 Å². The Labute approximate surface area is 68.2 Å². The molecule has 1 heterocycles. The van der Waals surface area contributed by atoms with E-state index in [1.54, 1.807) is 11.1 Å². The predicted octanol–water partition coefficient (Wildman–Crippen LogP) is 2.72. The molecule has 0 spiro atoms. The number of nitrogens with zero attached hydrogens (tertiary/aromatic N) is 1. The molecule has 60 valence electrons. The van der Waals surface area contributed by atoms with E-state index in [1.165, 1.54) is 37.8 Å². The monoisotopic (exact) mass is 149 g/mol. The number of hydrogen-bond donors (Lipinski definition) is 0. The summed E-state index contributed by atoms with van der Waals surface area (Å²) < 4.78 is 0. The van der Waals surface area contributed by atoms with E-state index >= 15 is 0 Å². The van der Waals surface area contributed by atoms with Crippen molar-refractivity contribution in [3.8, 4) is 0 Å². The lowest BCUT2D eigenvalue weighted by Gasteiger charge is -2.00. The molecule has 0 amide bonds. The SMILES string of the molecule is CC1=NCC2=C1CCCCC2. The Bertz CT molecular complexity index is 223. The molecule has 1 nitrogen and oxygen atoms in total. The number of allylic oxidation sites excluding steroid dienone is 1. The van der Waals surface area contributed by atoms with Gasteiger partial charge in [-0.1, -0.05) is 6.42 Å². The van der Waals surface area contributed by atoms with Crippen molar-refractivity contribution in [2.45, 2.75) is 39.0 Å². The van der Waals surface area contributed by atoms with E-state index in [0.29, 0.717) is 0 Å². The molecule has 0 aromatic heterocycles. The van der Waals surface area contributed by atoms with Gasteiger partial charge in [0.15, 0.2) is 0 Å². The molecule has 0 N–H and O–H groups in total. The maximum atomic E-state index is 4.46. The van der Waals surface area contributed by atoms with E-state index in [-0.39, 0.29) is 0 Å². The summed E-state index contributed by atoms with van der Waals surface area (Å²) in [5, 5.41) is 0. The molecule has 0 fully saturated rings. The molecule has 1 heteroatoms. The van der Waals surface area contributed by atoms with Gasteiger partial charge in [0.1, 0.15) is 0 Å². The first kappa shape index (κ1) is 7.08. The number of aliphatic imine (C=N–C) groups is 1. The fourth-order valence-corrected chi connectivity index (χ4v) is 2.07. The molecule has 0 radical (unpaired) electrons. The smallest absolute Gasteiger partial charge is 0.0609 e. The number of hydrogen-bond acceptors (Lipinski definition) is 1. The summed E-state index contributed by atoms with van der Waals surface area (Å²) in [6, 6.07) is 0. The van der Waals surface area contributed by atoms with E-state index in [2.05, 4.69) is 11.9 Å². The highest BCUT2D eigenvalue weighted by Crippen LogP contribution is 2.28. The highest BCUT2D eigenvalue weighted by Gasteiger charge is 2.17. The van der Waals surface area contributed by atoms with Crippen LogP contribution < -0.4 is 0 Å². The van der Waals surface area contributed by atoms with Crippen molar-refractivity contribution in [1.29, 1.82) is 0 Å². The van der Waals surface area contributed by atoms with Gasteiger partial charge in [-0.15, -0.1) is 0 Å². The van der Waals surface area contributed by atoms with Gasteiger partial charge in [0.05, 0.1) is 6.54 Å². The lowest BCUT2D eigenvalue weighted by atomic mass is 10.0. The molecule has 0 atom stereocenters. The molecule has 2 aliphatic rings. The molecular formula is C10H15N. The first-order chi connectivity index (χ1) is 5.38. The van der Waals surface area contributed by atoms with Gasteiger partial charge in [0, 0.05) is 5.71 Å². The van der Waals surface area contributed by atoms with E-state index in [9.17, 15) is 0 Å². The average Bonchev–Trinajstić information content (AvgIpc) is 2.25. The first-order valence-electron chi connectivity index (χ1n) is 4.60. The number of rotatable bonds is 0. The fourth-order valence-electron chi connectivity index (χ4n) is 2.07. The first-order valence-corrected chi connectivity index (χ1v) is 4.60. The Balaban J connectivity index is 2.22. The van der Waals surface area contributed by atoms with Crippen molar-refractivity contribution < 1.29 is 0 Å². The molecule has 1 aliphatic heterocycles. The van der Waals surface area contributed by atoms with Crippen LogP contribution in [-0.4, -0.2) is 12.3 Å². The van der Waals surface area contributed by atoms with Crippen LogP contribution >= 0.6 is 0 Å². The van der Waals surface area contributed by atoms with E-state index in [0.717, 1.165) is 6.54 Å². The Morgan fingerprint density at radius 3 is 2.82 bits per heavy atom. The summed E-state index contributed by atoms with van der Waals surface area (Å²) in [5.74, 6) is 0. The summed E-state index contributed by atoms with van der Waals surface area (Å²) in [7, 11) is 0. The van der Waals surface area contributed by atoms with Crippen molar-refractivity contribution in [2.75, 3.05) is 6.54 Å². The molecule has 2 rings (SSSR count). The van der Waals surface area contributed by atoms with Crippen molar-refractivity contribution in [3.63, 3.8) is 0 Å². The minimum absolute atomic E-state index is 1.02.